The van der Waals surface area contributed by atoms with E-state index < -0.39 is 5.97 Å². The van der Waals surface area contributed by atoms with Gasteiger partial charge in [-0.15, -0.1) is 11.3 Å². The summed E-state index contributed by atoms with van der Waals surface area (Å²) in [6, 6.07) is 0.157. The Balaban J connectivity index is 2.29. The van der Waals surface area contributed by atoms with Crippen molar-refractivity contribution in [1.29, 1.82) is 0 Å². The van der Waals surface area contributed by atoms with Crippen molar-refractivity contribution in [2.75, 3.05) is 5.75 Å². The first-order valence-electron chi connectivity index (χ1n) is 5.55. The van der Waals surface area contributed by atoms with Crippen LogP contribution in [0, 0.1) is 0 Å². The molecule has 1 aromatic rings. The van der Waals surface area contributed by atoms with Gasteiger partial charge in [-0.1, -0.05) is 11.8 Å². The van der Waals surface area contributed by atoms with E-state index >= 15 is 0 Å². The normalized spacial score (nSPS) is 10.6. The first-order chi connectivity index (χ1) is 8.47. The van der Waals surface area contributed by atoms with Gasteiger partial charge in [0.2, 0.25) is 5.91 Å². The number of hydrogen-bond donors (Lipinski definition) is 2. The van der Waals surface area contributed by atoms with Gasteiger partial charge < -0.3 is 10.4 Å². The second kappa shape index (κ2) is 7.38. The quantitative estimate of drug-likeness (QED) is 0.748. The second-order valence-electron chi connectivity index (χ2n) is 4.00. The maximum absolute atomic E-state index is 11.4. The third-order valence-electron chi connectivity index (χ3n) is 1.87. The van der Waals surface area contributed by atoms with Crippen LogP contribution in [0.25, 0.3) is 0 Å². The van der Waals surface area contributed by atoms with Crippen molar-refractivity contribution < 1.29 is 14.7 Å². The lowest BCUT2D eigenvalue weighted by molar-refractivity contribution is -0.136. The Labute approximate surface area is 114 Å². The number of rotatable bonds is 7. The third-order valence-corrected chi connectivity index (χ3v) is 3.94. The largest absolute Gasteiger partial charge is 0.481 e. The fourth-order valence-corrected chi connectivity index (χ4v) is 3.07. The predicted molar refractivity (Wildman–Crippen MR) is 72.1 cm³/mol. The molecule has 0 saturated heterocycles. The summed E-state index contributed by atoms with van der Waals surface area (Å²) in [6.45, 7) is 3.84. The molecule has 100 valence electrons. The van der Waals surface area contributed by atoms with E-state index in [9.17, 15) is 9.59 Å². The van der Waals surface area contributed by atoms with E-state index in [0.29, 0.717) is 17.9 Å². The zero-order chi connectivity index (χ0) is 13.5. The summed E-state index contributed by atoms with van der Waals surface area (Å²) >= 11 is 2.89. The average molecular weight is 288 g/mol. The van der Waals surface area contributed by atoms with Gasteiger partial charge in [0.05, 0.1) is 12.1 Å². The van der Waals surface area contributed by atoms with Gasteiger partial charge in [0, 0.05) is 23.6 Å². The number of nitrogens with zero attached hydrogens (tertiary/aromatic N) is 1. The molecule has 1 aromatic heterocycles. The fourth-order valence-electron chi connectivity index (χ4n) is 1.22. The number of amides is 1. The van der Waals surface area contributed by atoms with Crippen LogP contribution in [0.1, 0.15) is 26.0 Å². The molecule has 0 aliphatic carbocycles. The topological polar surface area (TPSA) is 79.3 Å². The first-order valence-corrected chi connectivity index (χ1v) is 7.42. The van der Waals surface area contributed by atoms with Gasteiger partial charge in [-0.25, -0.2) is 4.98 Å². The number of carboxylic acids is 1. The summed E-state index contributed by atoms with van der Waals surface area (Å²) in [5.41, 5.74) is 0.571. The van der Waals surface area contributed by atoms with Crippen LogP contribution in [-0.4, -0.2) is 33.8 Å². The monoisotopic (exact) mass is 288 g/mol. The predicted octanol–water partition coefficient (Wildman–Crippen LogP) is 1.78. The molecule has 0 aliphatic heterocycles. The molecule has 1 heterocycles. The number of aromatic nitrogens is 1. The minimum Gasteiger partial charge on any atom is -0.481 e. The van der Waals surface area contributed by atoms with Crippen LogP contribution in [0.4, 0.5) is 0 Å². The molecule has 0 unspecified atom stereocenters. The highest BCUT2D eigenvalue weighted by Gasteiger charge is 2.08. The van der Waals surface area contributed by atoms with Crippen molar-refractivity contribution in [3.05, 3.63) is 11.1 Å². The van der Waals surface area contributed by atoms with E-state index in [2.05, 4.69) is 10.3 Å². The van der Waals surface area contributed by atoms with E-state index in [1.807, 2.05) is 13.8 Å². The average Bonchev–Trinajstić information content (AvgIpc) is 2.63. The zero-order valence-corrected chi connectivity index (χ0v) is 11.9. The van der Waals surface area contributed by atoms with Crippen molar-refractivity contribution in [2.45, 2.75) is 37.1 Å². The molecule has 18 heavy (non-hydrogen) atoms. The van der Waals surface area contributed by atoms with Crippen LogP contribution in [0.2, 0.25) is 0 Å². The molecule has 2 N–H and O–H groups in total. The molecule has 5 nitrogen and oxygen atoms in total. The van der Waals surface area contributed by atoms with Crippen molar-refractivity contribution in [3.8, 4) is 0 Å². The van der Waals surface area contributed by atoms with Crippen LogP contribution < -0.4 is 5.32 Å². The second-order valence-corrected chi connectivity index (χ2v) is 6.20. The maximum Gasteiger partial charge on any atom is 0.309 e. The Hall–Kier alpha value is -1.08. The number of carbonyl (C=O) groups is 2. The Bertz CT molecular complexity index is 418. The molecule has 0 fully saturated rings. The third kappa shape index (κ3) is 6.02. The van der Waals surface area contributed by atoms with Crippen molar-refractivity contribution in [3.63, 3.8) is 0 Å². The minimum atomic E-state index is -0.881. The summed E-state index contributed by atoms with van der Waals surface area (Å²) in [7, 11) is 0. The molecule has 0 spiro atoms. The number of carboxylic acid groups (broad SMARTS) is 1. The standard InChI is InChI=1S/C11H16N2O3S2/c1-7(2)12-9(14)3-4-17-11-13-8(6-18-11)5-10(15)16/h6-7H,3-5H2,1-2H3,(H,12,14)(H,15,16). The van der Waals surface area contributed by atoms with Crippen molar-refractivity contribution >= 4 is 35.0 Å². The highest BCUT2D eigenvalue weighted by Crippen LogP contribution is 2.23. The van der Waals surface area contributed by atoms with E-state index in [-0.39, 0.29) is 18.4 Å². The van der Waals surface area contributed by atoms with Gasteiger partial charge in [0.25, 0.3) is 0 Å². The van der Waals surface area contributed by atoms with Crippen molar-refractivity contribution in [1.82, 2.24) is 10.3 Å². The van der Waals surface area contributed by atoms with Gasteiger partial charge in [0.15, 0.2) is 0 Å². The summed E-state index contributed by atoms with van der Waals surface area (Å²) in [6.07, 6.45) is 0.390. The first kappa shape index (κ1) is 15.0. The number of nitrogens with one attached hydrogen (secondary N) is 1. The molecule has 0 atom stereocenters. The molecule has 0 bridgehead atoms. The van der Waals surface area contributed by atoms with Gasteiger partial charge in [-0.3, -0.25) is 9.59 Å². The van der Waals surface area contributed by atoms with E-state index in [0.717, 1.165) is 4.34 Å². The van der Waals surface area contributed by atoms with Crippen LogP contribution >= 0.6 is 23.1 Å². The summed E-state index contributed by atoms with van der Waals surface area (Å²) in [4.78, 5) is 26.0. The van der Waals surface area contributed by atoms with Gasteiger partial charge in [-0.2, -0.15) is 0 Å². The highest BCUT2D eigenvalue weighted by atomic mass is 32.2. The highest BCUT2D eigenvalue weighted by molar-refractivity contribution is 8.01. The number of thiazole rings is 1. The molecule has 0 saturated carbocycles. The number of carbonyl (C=O) groups excluding carboxylic acids is 1. The smallest absolute Gasteiger partial charge is 0.309 e. The fraction of sp³-hybridized carbons (Fsp3) is 0.545. The van der Waals surface area contributed by atoms with E-state index in [1.54, 1.807) is 5.38 Å². The number of aliphatic carboxylic acids is 1. The van der Waals surface area contributed by atoms with Gasteiger partial charge in [0.1, 0.15) is 4.34 Å². The number of hydrogen-bond acceptors (Lipinski definition) is 5. The van der Waals surface area contributed by atoms with E-state index in [1.165, 1.54) is 23.1 Å². The van der Waals surface area contributed by atoms with Gasteiger partial charge >= 0.3 is 5.97 Å². The molecule has 1 amide bonds. The Morgan fingerprint density at radius 2 is 2.28 bits per heavy atom. The van der Waals surface area contributed by atoms with Crippen LogP contribution in [0.3, 0.4) is 0 Å². The van der Waals surface area contributed by atoms with E-state index in [4.69, 9.17) is 5.11 Å². The molecule has 0 aliphatic rings. The molecular weight excluding hydrogens is 272 g/mol. The number of thioether (sulfide) groups is 1. The Morgan fingerprint density at radius 3 is 2.89 bits per heavy atom. The van der Waals surface area contributed by atoms with Crippen LogP contribution in [0.15, 0.2) is 9.72 Å². The zero-order valence-electron chi connectivity index (χ0n) is 10.3. The maximum atomic E-state index is 11.4. The molecule has 0 radical (unpaired) electrons. The lowest BCUT2D eigenvalue weighted by atomic mass is 10.3. The van der Waals surface area contributed by atoms with Gasteiger partial charge in [-0.05, 0) is 13.8 Å². The molecule has 7 heteroatoms. The molecule has 1 rings (SSSR count). The van der Waals surface area contributed by atoms with Crippen LogP contribution in [-0.2, 0) is 16.0 Å². The lowest BCUT2D eigenvalue weighted by Crippen LogP contribution is -2.30. The molecular formula is C11H16N2O3S2. The summed E-state index contributed by atoms with van der Waals surface area (Å²) in [5, 5.41) is 13.2. The Morgan fingerprint density at radius 1 is 1.56 bits per heavy atom. The SMILES string of the molecule is CC(C)NC(=O)CCSc1nc(CC(=O)O)cs1. The summed E-state index contributed by atoms with van der Waals surface area (Å²) < 4.78 is 0.809. The lowest BCUT2D eigenvalue weighted by Gasteiger charge is -2.06. The molecule has 0 aromatic carbocycles. The minimum absolute atomic E-state index is 0.0276. The van der Waals surface area contributed by atoms with Crippen LogP contribution in [0.5, 0.6) is 0 Å². The summed E-state index contributed by atoms with van der Waals surface area (Å²) in [5.74, 6) is -0.202. The Kier molecular flexibility index (Phi) is 6.14. The van der Waals surface area contributed by atoms with Crippen molar-refractivity contribution in [2.24, 2.45) is 0 Å².